The van der Waals surface area contributed by atoms with E-state index in [0.717, 1.165) is 17.3 Å². The summed E-state index contributed by atoms with van der Waals surface area (Å²) in [6.45, 7) is 0.561. The summed E-state index contributed by atoms with van der Waals surface area (Å²) in [6.07, 6.45) is 3.63. The highest BCUT2D eigenvalue weighted by Gasteiger charge is 2.05. The zero-order valence-electron chi connectivity index (χ0n) is 10.3. The number of hydrogen-bond acceptors (Lipinski definition) is 4. The molecule has 0 atom stereocenters. The summed E-state index contributed by atoms with van der Waals surface area (Å²) in [6, 6.07) is 7.46. The molecule has 0 radical (unpaired) electrons. The molecule has 0 aliphatic rings. The second kappa shape index (κ2) is 5.23. The van der Waals surface area contributed by atoms with Crippen LogP contribution < -0.4 is 10.1 Å². The number of nitrogens with one attached hydrogen (secondary N) is 1. The first-order valence-corrected chi connectivity index (χ1v) is 5.53. The molecule has 0 bridgehead atoms. The van der Waals surface area contributed by atoms with Crippen LogP contribution in [0.2, 0.25) is 0 Å². The van der Waals surface area contributed by atoms with Gasteiger partial charge in [-0.05, 0) is 12.1 Å². The Morgan fingerprint density at radius 2 is 2.33 bits per heavy atom. The van der Waals surface area contributed by atoms with E-state index in [1.807, 2.05) is 23.9 Å². The van der Waals surface area contributed by atoms with E-state index < -0.39 is 0 Å². The van der Waals surface area contributed by atoms with E-state index in [0.29, 0.717) is 12.1 Å². The maximum absolute atomic E-state index is 9.04. The summed E-state index contributed by atoms with van der Waals surface area (Å²) >= 11 is 0. The number of aryl methyl sites for hydroxylation is 1. The second-order valence-corrected chi connectivity index (χ2v) is 3.83. The molecule has 5 nitrogen and oxygen atoms in total. The lowest BCUT2D eigenvalue weighted by atomic mass is 10.2. The molecule has 2 rings (SSSR count). The second-order valence-electron chi connectivity index (χ2n) is 3.83. The van der Waals surface area contributed by atoms with Crippen molar-refractivity contribution in [1.29, 1.82) is 5.26 Å². The molecule has 1 aromatic carbocycles. The summed E-state index contributed by atoms with van der Waals surface area (Å²) in [4.78, 5) is 4.22. The van der Waals surface area contributed by atoms with E-state index in [4.69, 9.17) is 10.00 Å². The van der Waals surface area contributed by atoms with Gasteiger partial charge >= 0.3 is 0 Å². The fraction of sp³-hybridized carbons (Fsp3) is 0.231. The van der Waals surface area contributed by atoms with Crippen LogP contribution in [0.3, 0.4) is 0 Å². The van der Waals surface area contributed by atoms with E-state index >= 15 is 0 Å². The number of imidazole rings is 1. The van der Waals surface area contributed by atoms with Crippen LogP contribution >= 0.6 is 0 Å². The fourth-order valence-corrected chi connectivity index (χ4v) is 1.64. The summed E-state index contributed by atoms with van der Waals surface area (Å²) in [5.74, 6) is 1.62. The zero-order chi connectivity index (χ0) is 13.0. The lowest BCUT2D eigenvalue weighted by Gasteiger charge is -2.09. The topological polar surface area (TPSA) is 62.9 Å². The van der Waals surface area contributed by atoms with Crippen LogP contribution in [-0.4, -0.2) is 16.7 Å². The smallest absolute Gasteiger partial charge is 0.127 e. The number of methoxy groups -OCH3 is 1. The molecule has 1 N–H and O–H groups in total. The first-order valence-electron chi connectivity index (χ1n) is 5.53. The van der Waals surface area contributed by atoms with Gasteiger partial charge in [0.1, 0.15) is 17.6 Å². The van der Waals surface area contributed by atoms with Crippen molar-refractivity contribution in [1.82, 2.24) is 9.55 Å². The van der Waals surface area contributed by atoms with Gasteiger partial charge in [0.2, 0.25) is 0 Å². The summed E-state index contributed by atoms with van der Waals surface area (Å²) in [7, 11) is 3.53. The summed E-state index contributed by atoms with van der Waals surface area (Å²) in [5, 5.41) is 12.2. The maximum Gasteiger partial charge on any atom is 0.127 e. The van der Waals surface area contributed by atoms with Gasteiger partial charge in [-0.25, -0.2) is 4.98 Å². The third-order valence-corrected chi connectivity index (χ3v) is 2.71. The van der Waals surface area contributed by atoms with Crippen molar-refractivity contribution < 1.29 is 4.74 Å². The monoisotopic (exact) mass is 242 g/mol. The molecule has 5 heteroatoms. The number of hydrogen-bond donors (Lipinski definition) is 1. The van der Waals surface area contributed by atoms with Crippen LogP contribution in [0.25, 0.3) is 0 Å². The molecule has 0 spiro atoms. The van der Waals surface area contributed by atoms with Gasteiger partial charge in [-0.2, -0.15) is 5.26 Å². The van der Waals surface area contributed by atoms with Gasteiger partial charge in [-0.15, -0.1) is 0 Å². The van der Waals surface area contributed by atoms with Gasteiger partial charge in [0.05, 0.1) is 24.9 Å². The minimum Gasteiger partial charge on any atom is -0.497 e. The van der Waals surface area contributed by atoms with E-state index in [1.54, 1.807) is 25.4 Å². The molecular weight excluding hydrogens is 228 g/mol. The molecule has 0 amide bonds. The third kappa shape index (κ3) is 2.43. The molecule has 0 fully saturated rings. The predicted molar refractivity (Wildman–Crippen MR) is 68.2 cm³/mol. The molecule has 0 unspecified atom stereocenters. The highest BCUT2D eigenvalue weighted by Crippen LogP contribution is 2.22. The van der Waals surface area contributed by atoms with Gasteiger partial charge in [-0.3, -0.25) is 0 Å². The Morgan fingerprint density at radius 3 is 2.94 bits per heavy atom. The van der Waals surface area contributed by atoms with Crippen LogP contribution in [0, 0.1) is 11.3 Å². The highest BCUT2D eigenvalue weighted by atomic mass is 16.5. The standard InChI is InChI=1S/C13H14N4O/c1-17-6-5-15-13(17)9-16-12-7-11(18-2)4-3-10(12)8-14/h3-7,16H,9H2,1-2H3. The van der Waals surface area contributed by atoms with Gasteiger partial charge in [0, 0.05) is 25.5 Å². The number of rotatable bonds is 4. The average molecular weight is 242 g/mol. The van der Waals surface area contributed by atoms with Crippen LogP contribution in [0.4, 0.5) is 5.69 Å². The van der Waals surface area contributed by atoms with Crippen molar-refractivity contribution >= 4 is 5.69 Å². The van der Waals surface area contributed by atoms with Crippen molar-refractivity contribution in [3.05, 3.63) is 42.0 Å². The number of benzene rings is 1. The van der Waals surface area contributed by atoms with E-state index in [1.165, 1.54) is 0 Å². The highest BCUT2D eigenvalue weighted by molar-refractivity contribution is 5.60. The van der Waals surface area contributed by atoms with Gasteiger partial charge in [0.25, 0.3) is 0 Å². The molecule has 18 heavy (non-hydrogen) atoms. The number of nitrogens with zero attached hydrogens (tertiary/aromatic N) is 3. The maximum atomic E-state index is 9.04. The van der Waals surface area contributed by atoms with Crippen molar-refractivity contribution in [3.8, 4) is 11.8 Å². The lowest BCUT2D eigenvalue weighted by Crippen LogP contribution is -2.06. The Bertz CT molecular complexity index is 583. The summed E-state index contributed by atoms with van der Waals surface area (Å²) in [5.41, 5.74) is 1.34. The normalized spacial score (nSPS) is 9.83. The van der Waals surface area contributed by atoms with Crippen molar-refractivity contribution in [2.45, 2.75) is 6.54 Å². The van der Waals surface area contributed by atoms with Crippen molar-refractivity contribution in [3.63, 3.8) is 0 Å². The van der Waals surface area contributed by atoms with Crippen LogP contribution in [0.15, 0.2) is 30.6 Å². The summed E-state index contributed by atoms with van der Waals surface area (Å²) < 4.78 is 7.07. The molecule has 1 aromatic heterocycles. The van der Waals surface area contributed by atoms with Crippen LogP contribution in [-0.2, 0) is 13.6 Å². The average Bonchev–Trinajstić information content (AvgIpc) is 2.81. The van der Waals surface area contributed by atoms with Gasteiger partial charge in [0.15, 0.2) is 0 Å². The van der Waals surface area contributed by atoms with E-state index in [9.17, 15) is 0 Å². The molecule has 92 valence electrons. The largest absolute Gasteiger partial charge is 0.497 e. The molecular formula is C13H14N4O. The Morgan fingerprint density at radius 1 is 1.50 bits per heavy atom. The first-order chi connectivity index (χ1) is 8.74. The Kier molecular flexibility index (Phi) is 3.49. The Hall–Kier alpha value is -2.48. The van der Waals surface area contributed by atoms with Crippen LogP contribution in [0.5, 0.6) is 5.75 Å². The van der Waals surface area contributed by atoms with E-state index in [-0.39, 0.29) is 0 Å². The van der Waals surface area contributed by atoms with E-state index in [2.05, 4.69) is 16.4 Å². The lowest BCUT2D eigenvalue weighted by molar-refractivity contribution is 0.415. The fourth-order valence-electron chi connectivity index (χ4n) is 1.64. The molecule has 0 aliphatic carbocycles. The third-order valence-electron chi connectivity index (χ3n) is 2.71. The predicted octanol–water partition coefficient (Wildman–Crippen LogP) is 1.91. The number of nitriles is 1. The van der Waals surface area contributed by atoms with Gasteiger partial charge in [-0.1, -0.05) is 0 Å². The Labute approximate surface area is 106 Å². The minimum atomic E-state index is 0.561. The minimum absolute atomic E-state index is 0.561. The molecule has 0 saturated carbocycles. The molecule has 0 aliphatic heterocycles. The molecule has 0 saturated heterocycles. The van der Waals surface area contributed by atoms with Crippen molar-refractivity contribution in [2.75, 3.05) is 12.4 Å². The number of ether oxygens (including phenoxy) is 1. The number of anilines is 1. The zero-order valence-corrected chi connectivity index (χ0v) is 10.3. The van der Waals surface area contributed by atoms with Crippen LogP contribution in [0.1, 0.15) is 11.4 Å². The number of aromatic nitrogens is 2. The Balaban J connectivity index is 2.18. The SMILES string of the molecule is COc1ccc(C#N)c(NCc2nccn2C)c1. The molecule has 2 aromatic rings. The quantitative estimate of drug-likeness (QED) is 0.889. The molecule has 1 heterocycles. The van der Waals surface area contributed by atoms with Gasteiger partial charge < -0.3 is 14.6 Å². The van der Waals surface area contributed by atoms with Crippen molar-refractivity contribution in [2.24, 2.45) is 7.05 Å². The first kappa shape index (κ1) is 12.0.